The van der Waals surface area contributed by atoms with Crippen molar-refractivity contribution in [2.45, 2.75) is 44.6 Å². The number of ether oxygens (including phenoxy) is 1. The molecule has 1 amide bonds. The molecule has 0 aliphatic carbocycles. The summed E-state index contributed by atoms with van der Waals surface area (Å²) in [5.74, 6) is 0.781. The third kappa shape index (κ3) is 3.86. The first-order chi connectivity index (χ1) is 11.3. The lowest BCUT2D eigenvalue weighted by atomic mass is 10.0. The van der Waals surface area contributed by atoms with Gasteiger partial charge in [0, 0.05) is 19.1 Å². The number of benzene rings is 1. The van der Waals surface area contributed by atoms with Crippen LogP contribution in [0.4, 0.5) is 0 Å². The average Bonchev–Trinajstić information content (AvgIpc) is 2.90. The highest BCUT2D eigenvalue weighted by atomic mass is 16.5. The Kier molecular flexibility index (Phi) is 5.55. The number of rotatable bonds is 3. The monoisotopic (exact) mass is 316 g/mol. The van der Waals surface area contributed by atoms with Gasteiger partial charge in [-0.25, -0.2) is 0 Å². The topological polar surface area (TPSA) is 32.8 Å². The zero-order chi connectivity index (χ0) is 16.1. The lowest BCUT2D eigenvalue weighted by molar-refractivity contribution is 0.0620. The number of hydrogen-bond acceptors (Lipinski definition) is 3. The standard InChI is InChI=1S/C19H28N2O2/c1-23-18-9-5-4-8-17(18)19(22)21-14-10-16(11-15-21)20-12-6-2-3-7-13-20/h4-5,8-9,16H,2-3,6-7,10-15H2,1H3. The summed E-state index contributed by atoms with van der Waals surface area (Å²) in [5.41, 5.74) is 0.684. The van der Waals surface area contributed by atoms with Crippen LogP contribution < -0.4 is 4.74 Å². The van der Waals surface area contributed by atoms with Crippen molar-refractivity contribution in [3.8, 4) is 5.75 Å². The van der Waals surface area contributed by atoms with Gasteiger partial charge in [-0.2, -0.15) is 0 Å². The fourth-order valence-corrected chi connectivity index (χ4v) is 3.89. The van der Waals surface area contributed by atoms with E-state index < -0.39 is 0 Å². The minimum Gasteiger partial charge on any atom is -0.496 e. The van der Waals surface area contributed by atoms with Crippen LogP contribution in [0, 0.1) is 0 Å². The largest absolute Gasteiger partial charge is 0.496 e. The Morgan fingerprint density at radius 1 is 1.00 bits per heavy atom. The molecule has 23 heavy (non-hydrogen) atoms. The number of amides is 1. The van der Waals surface area contributed by atoms with E-state index in [0.717, 1.165) is 25.9 Å². The van der Waals surface area contributed by atoms with Crippen molar-refractivity contribution >= 4 is 5.91 Å². The van der Waals surface area contributed by atoms with Crippen LogP contribution in [-0.4, -0.2) is 55.0 Å². The predicted molar refractivity (Wildman–Crippen MR) is 92.0 cm³/mol. The first-order valence-corrected chi connectivity index (χ1v) is 8.96. The number of methoxy groups -OCH3 is 1. The Bertz CT molecular complexity index is 516. The Labute approximate surface area is 139 Å². The molecule has 2 aliphatic heterocycles. The Balaban J connectivity index is 1.59. The second kappa shape index (κ2) is 7.82. The smallest absolute Gasteiger partial charge is 0.257 e. The molecule has 2 saturated heterocycles. The minimum absolute atomic E-state index is 0.108. The lowest BCUT2D eigenvalue weighted by Gasteiger charge is -2.38. The van der Waals surface area contributed by atoms with Crippen LogP contribution in [-0.2, 0) is 0 Å². The van der Waals surface area contributed by atoms with Crippen LogP contribution in [0.15, 0.2) is 24.3 Å². The summed E-state index contributed by atoms with van der Waals surface area (Å²) in [7, 11) is 1.62. The number of carbonyl (C=O) groups is 1. The summed E-state index contributed by atoms with van der Waals surface area (Å²) in [5, 5.41) is 0. The molecule has 4 nitrogen and oxygen atoms in total. The van der Waals surface area contributed by atoms with E-state index in [-0.39, 0.29) is 5.91 Å². The van der Waals surface area contributed by atoms with Gasteiger partial charge in [-0.05, 0) is 50.9 Å². The molecular formula is C19H28N2O2. The summed E-state index contributed by atoms with van der Waals surface area (Å²) in [6.07, 6.45) is 7.62. The van der Waals surface area contributed by atoms with Gasteiger partial charge < -0.3 is 14.5 Å². The predicted octanol–water partition coefficient (Wildman–Crippen LogP) is 3.18. The van der Waals surface area contributed by atoms with Crippen LogP contribution in [0.2, 0.25) is 0 Å². The average molecular weight is 316 g/mol. The third-order valence-electron chi connectivity index (χ3n) is 5.25. The lowest BCUT2D eigenvalue weighted by Crippen LogP contribution is -2.47. The van der Waals surface area contributed by atoms with Crippen molar-refractivity contribution in [2.24, 2.45) is 0 Å². The van der Waals surface area contributed by atoms with Crippen molar-refractivity contribution in [3.63, 3.8) is 0 Å². The van der Waals surface area contributed by atoms with E-state index >= 15 is 0 Å². The number of para-hydroxylation sites is 1. The van der Waals surface area contributed by atoms with Crippen LogP contribution in [0.3, 0.4) is 0 Å². The minimum atomic E-state index is 0.108. The first-order valence-electron chi connectivity index (χ1n) is 8.96. The molecule has 1 aromatic carbocycles. The SMILES string of the molecule is COc1ccccc1C(=O)N1CCC(N2CCCCCC2)CC1. The fraction of sp³-hybridized carbons (Fsp3) is 0.632. The Morgan fingerprint density at radius 2 is 1.65 bits per heavy atom. The molecule has 0 aromatic heterocycles. The molecule has 2 heterocycles. The molecule has 0 atom stereocenters. The van der Waals surface area contributed by atoms with Crippen molar-refractivity contribution in [2.75, 3.05) is 33.3 Å². The van der Waals surface area contributed by atoms with Crippen molar-refractivity contribution in [1.29, 1.82) is 0 Å². The number of piperidine rings is 1. The molecule has 0 bridgehead atoms. The van der Waals surface area contributed by atoms with E-state index in [2.05, 4.69) is 4.90 Å². The van der Waals surface area contributed by atoms with E-state index in [1.165, 1.54) is 38.8 Å². The number of likely N-dealkylation sites (tertiary alicyclic amines) is 2. The number of nitrogens with zero attached hydrogens (tertiary/aromatic N) is 2. The molecule has 3 rings (SSSR count). The van der Waals surface area contributed by atoms with Gasteiger partial charge in [0.25, 0.3) is 5.91 Å². The first kappa shape index (κ1) is 16.3. The molecule has 126 valence electrons. The van der Waals surface area contributed by atoms with Gasteiger partial charge in [0.1, 0.15) is 5.75 Å². The molecule has 4 heteroatoms. The van der Waals surface area contributed by atoms with Gasteiger partial charge in [-0.15, -0.1) is 0 Å². The van der Waals surface area contributed by atoms with E-state index in [1.54, 1.807) is 7.11 Å². The maximum Gasteiger partial charge on any atom is 0.257 e. The molecule has 0 saturated carbocycles. The number of hydrogen-bond donors (Lipinski definition) is 0. The maximum absolute atomic E-state index is 12.7. The highest BCUT2D eigenvalue weighted by Gasteiger charge is 2.28. The maximum atomic E-state index is 12.7. The summed E-state index contributed by atoms with van der Waals surface area (Å²) < 4.78 is 5.33. The summed E-state index contributed by atoms with van der Waals surface area (Å²) in [6, 6.07) is 8.19. The van der Waals surface area contributed by atoms with Crippen molar-refractivity contribution < 1.29 is 9.53 Å². The Morgan fingerprint density at radius 3 is 2.30 bits per heavy atom. The Hall–Kier alpha value is -1.55. The van der Waals surface area contributed by atoms with E-state index in [9.17, 15) is 4.79 Å². The normalized spacial score (nSPS) is 21.0. The zero-order valence-corrected chi connectivity index (χ0v) is 14.2. The second-order valence-corrected chi connectivity index (χ2v) is 6.67. The van der Waals surface area contributed by atoms with E-state index in [1.807, 2.05) is 29.2 Å². The van der Waals surface area contributed by atoms with Crippen molar-refractivity contribution in [3.05, 3.63) is 29.8 Å². The highest BCUT2D eigenvalue weighted by molar-refractivity contribution is 5.97. The van der Waals surface area contributed by atoms with Gasteiger partial charge >= 0.3 is 0 Å². The summed E-state index contributed by atoms with van der Waals surface area (Å²) >= 11 is 0. The summed E-state index contributed by atoms with van der Waals surface area (Å²) in [6.45, 7) is 4.20. The summed E-state index contributed by atoms with van der Waals surface area (Å²) in [4.78, 5) is 17.4. The molecule has 0 spiro atoms. The van der Waals surface area contributed by atoms with Crippen LogP contribution in [0.25, 0.3) is 0 Å². The number of carbonyl (C=O) groups excluding carboxylic acids is 1. The molecular weight excluding hydrogens is 288 g/mol. The molecule has 0 N–H and O–H groups in total. The van der Waals surface area contributed by atoms with Crippen molar-refractivity contribution in [1.82, 2.24) is 9.80 Å². The van der Waals surface area contributed by atoms with E-state index in [4.69, 9.17) is 4.74 Å². The molecule has 2 aliphatic rings. The fourth-order valence-electron chi connectivity index (χ4n) is 3.89. The van der Waals surface area contributed by atoms with Gasteiger partial charge in [-0.3, -0.25) is 4.79 Å². The van der Waals surface area contributed by atoms with Crippen LogP contribution in [0.5, 0.6) is 5.75 Å². The van der Waals surface area contributed by atoms with Gasteiger partial charge in [0.05, 0.1) is 12.7 Å². The highest BCUT2D eigenvalue weighted by Crippen LogP contribution is 2.24. The molecule has 1 aromatic rings. The van der Waals surface area contributed by atoms with Crippen LogP contribution >= 0.6 is 0 Å². The molecule has 0 unspecified atom stereocenters. The van der Waals surface area contributed by atoms with Gasteiger partial charge in [0.15, 0.2) is 0 Å². The molecule has 0 radical (unpaired) electrons. The zero-order valence-electron chi connectivity index (χ0n) is 14.2. The second-order valence-electron chi connectivity index (χ2n) is 6.67. The third-order valence-corrected chi connectivity index (χ3v) is 5.25. The van der Waals surface area contributed by atoms with E-state index in [0.29, 0.717) is 17.4 Å². The van der Waals surface area contributed by atoms with Gasteiger partial charge in [0.2, 0.25) is 0 Å². The quantitative estimate of drug-likeness (QED) is 0.858. The molecule has 2 fully saturated rings. The van der Waals surface area contributed by atoms with Crippen LogP contribution in [0.1, 0.15) is 48.9 Å². The van der Waals surface area contributed by atoms with Gasteiger partial charge in [-0.1, -0.05) is 25.0 Å².